The molecule has 4 aromatic rings. The van der Waals surface area contributed by atoms with Gasteiger partial charge >= 0.3 is 6.09 Å². The smallest absolute Gasteiger partial charge is 0.410 e. The van der Waals surface area contributed by atoms with Gasteiger partial charge in [-0.1, -0.05) is 30.3 Å². The molecule has 7 nitrogen and oxygen atoms in total. The first-order valence-corrected chi connectivity index (χ1v) is 11.9. The molecule has 1 fully saturated rings. The Labute approximate surface area is 198 Å². The van der Waals surface area contributed by atoms with Crippen molar-refractivity contribution in [2.45, 2.75) is 51.2 Å². The minimum Gasteiger partial charge on any atom is -0.444 e. The topological polar surface area (TPSA) is 76.0 Å². The van der Waals surface area contributed by atoms with Crippen LogP contribution in [-0.2, 0) is 16.7 Å². The number of nitrogens with one attached hydrogen (secondary N) is 1. The highest BCUT2D eigenvalue weighted by atomic mass is 16.6. The van der Waals surface area contributed by atoms with Crippen LogP contribution in [0.5, 0.6) is 0 Å². The zero-order chi connectivity index (χ0) is 23.5. The SMILES string of the molecule is CC(C)(C)OC(=O)N1CCC2(CCn3nc(-c4cnc5[nH]cc(-c6ccccc6)c5c4)cc32)C1. The minimum atomic E-state index is -0.486. The largest absolute Gasteiger partial charge is 0.444 e. The lowest BCUT2D eigenvalue weighted by Gasteiger charge is -2.26. The molecule has 5 heterocycles. The molecule has 0 saturated carbocycles. The summed E-state index contributed by atoms with van der Waals surface area (Å²) in [5.41, 5.74) is 5.77. The van der Waals surface area contributed by atoms with Gasteiger partial charge in [-0.05, 0) is 51.3 Å². The first-order valence-electron chi connectivity index (χ1n) is 11.9. The number of hydrogen-bond acceptors (Lipinski definition) is 4. The van der Waals surface area contributed by atoms with E-state index >= 15 is 0 Å². The molecule has 0 aliphatic carbocycles. The maximum Gasteiger partial charge on any atom is 0.410 e. The molecule has 174 valence electrons. The predicted molar refractivity (Wildman–Crippen MR) is 131 cm³/mol. The molecular formula is C27H29N5O2. The third kappa shape index (κ3) is 3.47. The van der Waals surface area contributed by atoms with E-state index in [1.165, 1.54) is 5.69 Å². The number of fused-ring (bicyclic) bond motifs is 3. The number of nitrogens with zero attached hydrogens (tertiary/aromatic N) is 4. The Bertz CT molecular complexity index is 1380. The quantitative estimate of drug-likeness (QED) is 0.441. The van der Waals surface area contributed by atoms with E-state index in [9.17, 15) is 4.79 Å². The molecule has 3 aromatic heterocycles. The summed E-state index contributed by atoms with van der Waals surface area (Å²) in [7, 11) is 0. The van der Waals surface area contributed by atoms with E-state index in [1.807, 2.05) is 56.3 Å². The van der Waals surface area contributed by atoms with E-state index in [0.717, 1.165) is 52.8 Å². The number of pyridine rings is 1. The summed E-state index contributed by atoms with van der Waals surface area (Å²) in [6, 6.07) is 14.7. The van der Waals surface area contributed by atoms with Crippen molar-refractivity contribution in [3.8, 4) is 22.4 Å². The van der Waals surface area contributed by atoms with E-state index < -0.39 is 5.60 Å². The molecule has 34 heavy (non-hydrogen) atoms. The number of rotatable bonds is 2. The fraction of sp³-hybridized carbons (Fsp3) is 0.370. The van der Waals surface area contributed by atoms with Crippen molar-refractivity contribution < 1.29 is 9.53 Å². The van der Waals surface area contributed by atoms with Crippen molar-refractivity contribution in [2.75, 3.05) is 13.1 Å². The summed E-state index contributed by atoms with van der Waals surface area (Å²) >= 11 is 0. The maximum absolute atomic E-state index is 12.7. The summed E-state index contributed by atoms with van der Waals surface area (Å²) in [5, 5.41) is 6.02. The third-order valence-electron chi connectivity index (χ3n) is 7.04. The molecule has 0 radical (unpaired) electrons. The van der Waals surface area contributed by atoms with E-state index in [4.69, 9.17) is 9.84 Å². The van der Waals surface area contributed by atoms with Gasteiger partial charge in [0, 0.05) is 59.7 Å². The van der Waals surface area contributed by atoms with Gasteiger partial charge in [0.15, 0.2) is 0 Å². The Morgan fingerprint density at radius 2 is 1.88 bits per heavy atom. The van der Waals surface area contributed by atoms with Crippen LogP contribution < -0.4 is 0 Å². The Balaban J connectivity index is 1.31. The Morgan fingerprint density at radius 1 is 1.09 bits per heavy atom. The number of carbonyl (C=O) groups is 1. The third-order valence-corrected chi connectivity index (χ3v) is 7.04. The Kier molecular flexibility index (Phi) is 4.59. The molecular weight excluding hydrogens is 426 g/mol. The number of amides is 1. The second-order valence-electron chi connectivity index (χ2n) is 10.5. The molecule has 7 heteroatoms. The summed E-state index contributed by atoms with van der Waals surface area (Å²) < 4.78 is 7.74. The first-order chi connectivity index (χ1) is 16.3. The van der Waals surface area contributed by atoms with E-state index in [1.54, 1.807) is 0 Å². The molecule has 1 amide bonds. The monoisotopic (exact) mass is 455 g/mol. The number of H-pyrrole nitrogens is 1. The van der Waals surface area contributed by atoms with E-state index in [-0.39, 0.29) is 11.5 Å². The molecule has 2 aliphatic rings. The number of ether oxygens (including phenoxy) is 1. The lowest BCUT2D eigenvalue weighted by Crippen LogP contribution is -2.37. The van der Waals surface area contributed by atoms with Gasteiger partial charge in [0.05, 0.1) is 5.69 Å². The normalized spacial score (nSPS) is 19.8. The van der Waals surface area contributed by atoms with Crippen molar-refractivity contribution in [3.05, 3.63) is 60.6 Å². The highest BCUT2D eigenvalue weighted by Gasteiger charge is 2.47. The summed E-state index contributed by atoms with van der Waals surface area (Å²) in [6.45, 7) is 7.99. The number of aromatic amines is 1. The second kappa shape index (κ2) is 7.45. The van der Waals surface area contributed by atoms with Crippen LogP contribution in [0.15, 0.2) is 54.9 Å². The fourth-order valence-corrected chi connectivity index (χ4v) is 5.37. The van der Waals surface area contributed by atoms with Gasteiger partial charge in [-0.2, -0.15) is 5.10 Å². The highest BCUT2D eigenvalue weighted by Crippen LogP contribution is 2.44. The van der Waals surface area contributed by atoms with Gasteiger partial charge in [0.2, 0.25) is 0 Å². The molecule has 1 unspecified atom stereocenters. The van der Waals surface area contributed by atoms with E-state index in [0.29, 0.717) is 13.1 Å². The minimum absolute atomic E-state index is 0.0526. The zero-order valence-electron chi connectivity index (χ0n) is 19.8. The van der Waals surface area contributed by atoms with Gasteiger partial charge in [-0.15, -0.1) is 0 Å². The van der Waals surface area contributed by atoms with Crippen LogP contribution in [0.25, 0.3) is 33.4 Å². The van der Waals surface area contributed by atoms with Crippen LogP contribution in [0.1, 0.15) is 39.3 Å². The molecule has 1 N–H and O–H groups in total. The van der Waals surface area contributed by atoms with Crippen LogP contribution in [-0.4, -0.2) is 49.4 Å². The zero-order valence-corrected chi connectivity index (χ0v) is 19.8. The average Bonchev–Trinajstić information content (AvgIpc) is 3.58. The summed E-state index contributed by atoms with van der Waals surface area (Å²) in [5.74, 6) is 0. The molecule has 0 bridgehead atoms. The van der Waals surface area contributed by atoms with Crippen molar-refractivity contribution in [1.82, 2.24) is 24.6 Å². The number of carbonyl (C=O) groups excluding carboxylic acids is 1. The fourth-order valence-electron chi connectivity index (χ4n) is 5.37. The second-order valence-corrected chi connectivity index (χ2v) is 10.5. The van der Waals surface area contributed by atoms with Gasteiger partial charge < -0.3 is 14.6 Å². The standard InChI is InChI=1S/C27H29N5O2/c1-26(2,3)34-25(33)31-11-9-27(17-31)10-12-32-23(27)14-22(30-32)19-13-20-21(16-29-24(20)28-15-19)18-7-5-4-6-8-18/h4-8,13-16H,9-12,17H2,1-3H3,(H,28,29). The average molecular weight is 456 g/mol. The van der Waals surface area contributed by atoms with Crippen molar-refractivity contribution in [1.29, 1.82) is 0 Å². The lowest BCUT2D eigenvalue weighted by atomic mass is 9.82. The van der Waals surface area contributed by atoms with E-state index in [2.05, 4.69) is 38.9 Å². The van der Waals surface area contributed by atoms with Crippen LogP contribution in [0.3, 0.4) is 0 Å². The van der Waals surface area contributed by atoms with Crippen molar-refractivity contribution in [2.24, 2.45) is 0 Å². The number of likely N-dealkylation sites (tertiary alicyclic amines) is 1. The predicted octanol–water partition coefficient (Wildman–Crippen LogP) is 5.38. The van der Waals surface area contributed by atoms with Gasteiger partial charge in [0.1, 0.15) is 11.2 Å². The molecule has 1 spiro atoms. The Morgan fingerprint density at radius 3 is 2.68 bits per heavy atom. The molecule has 1 atom stereocenters. The number of aryl methyl sites for hydroxylation is 1. The number of benzene rings is 1. The van der Waals surface area contributed by atoms with Crippen LogP contribution >= 0.6 is 0 Å². The van der Waals surface area contributed by atoms with Crippen molar-refractivity contribution in [3.63, 3.8) is 0 Å². The number of aromatic nitrogens is 4. The summed E-state index contributed by atoms with van der Waals surface area (Å²) in [4.78, 5) is 22.5. The molecule has 1 saturated heterocycles. The van der Waals surface area contributed by atoms with Gasteiger partial charge in [-0.3, -0.25) is 4.68 Å². The maximum atomic E-state index is 12.7. The van der Waals surface area contributed by atoms with Crippen molar-refractivity contribution >= 4 is 17.1 Å². The number of hydrogen-bond donors (Lipinski definition) is 1. The van der Waals surface area contributed by atoms with Crippen LogP contribution in [0.2, 0.25) is 0 Å². The Hall–Kier alpha value is -3.61. The molecule has 1 aromatic carbocycles. The molecule has 6 rings (SSSR count). The first kappa shape index (κ1) is 21.0. The van der Waals surface area contributed by atoms with Crippen LogP contribution in [0, 0.1) is 0 Å². The van der Waals surface area contributed by atoms with Crippen LogP contribution in [0.4, 0.5) is 4.79 Å². The van der Waals surface area contributed by atoms with Gasteiger partial charge in [0.25, 0.3) is 0 Å². The highest BCUT2D eigenvalue weighted by molar-refractivity contribution is 5.95. The van der Waals surface area contributed by atoms with Gasteiger partial charge in [-0.25, -0.2) is 9.78 Å². The lowest BCUT2D eigenvalue weighted by molar-refractivity contribution is 0.0284. The summed E-state index contributed by atoms with van der Waals surface area (Å²) in [6.07, 6.45) is 5.62. The molecule has 2 aliphatic heterocycles.